The van der Waals surface area contributed by atoms with Crippen LogP contribution in [0.3, 0.4) is 0 Å². The number of rotatable bonds is 8. The van der Waals surface area contributed by atoms with Gasteiger partial charge in [0.05, 0.1) is 13.7 Å². The minimum absolute atomic E-state index is 0.0314. The van der Waals surface area contributed by atoms with Crippen LogP contribution < -0.4 is 10.5 Å². The first-order chi connectivity index (χ1) is 16.2. The first-order valence-electron chi connectivity index (χ1n) is 11.1. The van der Waals surface area contributed by atoms with E-state index >= 15 is 0 Å². The van der Waals surface area contributed by atoms with Crippen LogP contribution in [0.2, 0.25) is 0 Å². The van der Waals surface area contributed by atoms with Crippen molar-refractivity contribution in [2.45, 2.75) is 19.1 Å². The Morgan fingerprint density at radius 1 is 0.788 bits per heavy atom. The summed E-state index contributed by atoms with van der Waals surface area (Å²) in [4.78, 5) is 0. The van der Waals surface area contributed by atoms with Gasteiger partial charge in [0.25, 0.3) is 0 Å². The third kappa shape index (κ3) is 5.40. The molecule has 166 valence electrons. The number of allylic oxidation sites excluding steroid dienone is 1. The van der Waals surface area contributed by atoms with Gasteiger partial charge < -0.3 is 15.6 Å². The van der Waals surface area contributed by atoms with Crippen molar-refractivity contribution in [3.8, 4) is 5.75 Å². The van der Waals surface area contributed by atoms with E-state index in [4.69, 9.17) is 10.5 Å². The third-order valence-corrected chi connectivity index (χ3v) is 5.90. The van der Waals surface area contributed by atoms with E-state index in [1.807, 2.05) is 30.3 Å². The lowest BCUT2D eigenvalue weighted by Gasteiger charge is -2.23. The Kier molecular flexibility index (Phi) is 7.36. The van der Waals surface area contributed by atoms with E-state index < -0.39 is 0 Å². The van der Waals surface area contributed by atoms with Gasteiger partial charge in [-0.2, -0.15) is 0 Å². The summed E-state index contributed by atoms with van der Waals surface area (Å²) in [6, 6.07) is 35.3. The fraction of sp³-hybridized carbons (Fsp3) is 0.133. The summed E-state index contributed by atoms with van der Waals surface area (Å²) in [7, 11) is 1.68. The van der Waals surface area contributed by atoms with Crippen molar-refractivity contribution in [3.63, 3.8) is 0 Å². The largest absolute Gasteiger partial charge is 0.497 e. The van der Waals surface area contributed by atoms with Gasteiger partial charge in [0.2, 0.25) is 0 Å². The van der Waals surface area contributed by atoms with Crippen LogP contribution in [0.5, 0.6) is 5.75 Å². The minimum Gasteiger partial charge on any atom is -0.497 e. The molecule has 4 aromatic carbocycles. The zero-order chi connectivity index (χ0) is 23.0. The molecule has 3 heteroatoms. The van der Waals surface area contributed by atoms with Crippen molar-refractivity contribution < 1.29 is 9.84 Å². The van der Waals surface area contributed by atoms with E-state index in [2.05, 4.69) is 78.9 Å². The topological polar surface area (TPSA) is 55.5 Å². The smallest absolute Gasteiger partial charge is 0.118 e. The van der Waals surface area contributed by atoms with Gasteiger partial charge in [-0.15, -0.1) is 0 Å². The van der Waals surface area contributed by atoms with Gasteiger partial charge in [-0.25, -0.2) is 0 Å². The Morgan fingerprint density at radius 3 is 1.97 bits per heavy atom. The van der Waals surface area contributed by atoms with Crippen LogP contribution >= 0.6 is 0 Å². The Labute approximate surface area is 195 Å². The van der Waals surface area contributed by atoms with E-state index in [0.717, 1.165) is 28.0 Å². The van der Waals surface area contributed by atoms with Crippen LogP contribution in [-0.4, -0.2) is 12.2 Å². The number of hydrogen-bond donors (Lipinski definition) is 2. The standard InChI is InChI=1S/C30H29NO2/c1-33-28-17-15-25(16-18-28)29(19-22-7-9-24(21-32)10-8-22)30(26-5-3-2-4-6-26)27-13-11-23(20-31)12-14-27/h2-19,30,32H,20-21,31H2,1H3. The molecule has 0 heterocycles. The van der Waals surface area contributed by atoms with Crippen molar-refractivity contribution in [1.29, 1.82) is 0 Å². The molecule has 0 aliphatic rings. The first-order valence-corrected chi connectivity index (χ1v) is 11.1. The van der Waals surface area contributed by atoms with Gasteiger partial charge in [0.15, 0.2) is 0 Å². The van der Waals surface area contributed by atoms with Crippen LogP contribution in [0.4, 0.5) is 0 Å². The summed E-state index contributed by atoms with van der Waals surface area (Å²) in [5.74, 6) is 0.859. The molecule has 4 rings (SSSR count). The van der Waals surface area contributed by atoms with Crippen molar-refractivity contribution >= 4 is 11.6 Å². The van der Waals surface area contributed by atoms with Crippen molar-refractivity contribution in [2.24, 2.45) is 5.73 Å². The van der Waals surface area contributed by atoms with Crippen LogP contribution in [0.15, 0.2) is 103 Å². The van der Waals surface area contributed by atoms with Gasteiger partial charge >= 0.3 is 0 Å². The molecule has 3 N–H and O–H groups in total. The highest BCUT2D eigenvalue weighted by molar-refractivity contribution is 5.87. The summed E-state index contributed by atoms with van der Waals surface area (Å²) in [5, 5.41) is 9.43. The molecular formula is C30H29NO2. The minimum atomic E-state index is 0.0314. The maximum Gasteiger partial charge on any atom is 0.118 e. The van der Waals surface area contributed by atoms with Crippen LogP contribution in [-0.2, 0) is 13.2 Å². The Hall–Kier alpha value is -3.66. The number of aliphatic hydroxyl groups excluding tert-OH is 1. The molecule has 0 saturated heterocycles. The van der Waals surface area contributed by atoms with Crippen LogP contribution in [0, 0.1) is 0 Å². The van der Waals surface area contributed by atoms with Gasteiger partial charge in [0.1, 0.15) is 5.75 Å². The molecule has 0 radical (unpaired) electrons. The van der Waals surface area contributed by atoms with Crippen molar-refractivity contribution in [1.82, 2.24) is 0 Å². The van der Waals surface area contributed by atoms with Crippen LogP contribution in [0.25, 0.3) is 11.6 Å². The number of aliphatic hydroxyl groups is 1. The normalized spacial score (nSPS) is 12.4. The lowest BCUT2D eigenvalue weighted by molar-refractivity contribution is 0.282. The third-order valence-electron chi connectivity index (χ3n) is 5.90. The van der Waals surface area contributed by atoms with Gasteiger partial charge in [-0.3, -0.25) is 0 Å². The van der Waals surface area contributed by atoms with E-state index in [1.165, 1.54) is 16.7 Å². The fourth-order valence-electron chi connectivity index (χ4n) is 4.06. The molecule has 0 amide bonds. The SMILES string of the molecule is COc1ccc(C(=Cc2ccc(CO)cc2)C(c2ccccc2)c2ccc(CN)cc2)cc1. The van der Waals surface area contributed by atoms with E-state index in [0.29, 0.717) is 6.54 Å². The van der Waals surface area contributed by atoms with E-state index in [1.54, 1.807) is 7.11 Å². The van der Waals surface area contributed by atoms with Gasteiger partial charge in [0, 0.05) is 12.5 Å². The zero-order valence-corrected chi connectivity index (χ0v) is 18.8. The predicted molar refractivity (Wildman–Crippen MR) is 136 cm³/mol. The average Bonchev–Trinajstić information content (AvgIpc) is 2.90. The molecule has 4 aromatic rings. The van der Waals surface area contributed by atoms with Crippen molar-refractivity contribution in [2.75, 3.05) is 7.11 Å². The van der Waals surface area contributed by atoms with Gasteiger partial charge in [-0.1, -0.05) is 97.1 Å². The second-order valence-electron chi connectivity index (χ2n) is 8.02. The molecule has 0 bridgehead atoms. The summed E-state index contributed by atoms with van der Waals surface area (Å²) < 4.78 is 5.39. The number of hydrogen-bond acceptors (Lipinski definition) is 3. The molecule has 1 atom stereocenters. The number of nitrogens with two attached hydrogens (primary N) is 1. The molecule has 33 heavy (non-hydrogen) atoms. The first kappa shape index (κ1) is 22.5. The Morgan fingerprint density at radius 2 is 1.39 bits per heavy atom. The molecule has 0 saturated carbocycles. The average molecular weight is 436 g/mol. The highest BCUT2D eigenvalue weighted by Crippen LogP contribution is 2.39. The summed E-state index contributed by atoms with van der Waals surface area (Å²) in [6.45, 7) is 0.560. The van der Waals surface area contributed by atoms with Crippen molar-refractivity contribution in [3.05, 3.63) is 137 Å². The Balaban J connectivity index is 1.90. The molecule has 0 aromatic heterocycles. The quantitative estimate of drug-likeness (QED) is 0.333. The number of benzene rings is 4. The van der Waals surface area contributed by atoms with Crippen LogP contribution in [0.1, 0.15) is 39.3 Å². The number of ether oxygens (including phenoxy) is 1. The molecule has 0 fully saturated rings. The van der Waals surface area contributed by atoms with E-state index in [9.17, 15) is 5.11 Å². The summed E-state index contributed by atoms with van der Waals surface area (Å²) in [6.07, 6.45) is 2.23. The molecule has 0 aliphatic carbocycles. The molecule has 0 aliphatic heterocycles. The fourth-order valence-corrected chi connectivity index (χ4v) is 4.06. The molecule has 0 spiro atoms. The molecular weight excluding hydrogens is 406 g/mol. The lowest BCUT2D eigenvalue weighted by atomic mass is 9.80. The number of methoxy groups -OCH3 is 1. The van der Waals surface area contributed by atoms with E-state index in [-0.39, 0.29) is 12.5 Å². The molecule has 3 nitrogen and oxygen atoms in total. The zero-order valence-electron chi connectivity index (χ0n) is 18.8. The molecule has 1 unspecified atom stereocenters. The summed E-state index contributed by atoms with van der Waals surface area (Å²) >= 11 is 0. The predicted octanol–water partition coefficient (Wildman–Crippen LogP) is 6.02. The highest BCUT2D eigenvalue weighted by Gasteiger charge is 2.21. The maximum absolute atomic E-state index is 9.43. The second-order valence-corrected chi connectivity index (χ2v) is 8.02. The monoisotopic (exact) mass is 435 g/mol. The second kappa shape index (κ2) is 10.8. The Bertz CT molecular complexity index is 1180. The summed E-state index contributed by atoms with van der Waals surface area (Å²) in [5.41, 5.74) is 13.7. The lowest BCUT2D eigenvalue weighted by Crippen LogP contribution is -2.06. The highest BCUT2D eigenvalue weighted by atomic mass is 16.5. The van der Waals surface area contributed by atoms with Gasteiger partial charge in [-0.05, 0) is 51.1 Å². The maximum atomic E-state index is 9.43.